The van der Waals surface area contributed by atoms with Crippen LogP contribution in [-0.4, -0.2) is 12.6 Å². The molecule has 0 rings (SSSR count). The van der Waals surface area contributed by atoms with Gasteiger partial charge in [-0.2, -0.15) is 0 Å². The van der Waals surface area contributed by atoms with Gasteiger partial charge in [-0.25, -0.2) is 4.79 Å². The Balaban J connectivity index is 4.20. The molecule has 0 aliphatic carbocycles. The highest BCUT2D eigenvalue weighted by molar-refractivity contribution is 5.82. The van der Waals surface area contributed by atoms with E-state index in [4.69, 9.17) is 4.74 Å². The Kier molecular flexibility index (Phi) is 9.78. The van der Waals surface area contributed by atoms with Gasteiger partial charge in [-0.15, -0.1) is 0 Å². The van der Waals surface area contributed by atoms with Crippen LogP contribution in [-0.2, 0) is 9.53 Å². The second kappa shape index (κ2) is 10.5. The first kappa shape index (κ1) is 14.9. The van der Waals surface area contributed by atoms with Crippen molar-refractivity contribution in [2.45, 2.75) is 52.9 Å². The Bertz CT molecular complexity index is 239. The van der Waals surface area contributed by atoms with Gasteiger partial charge in [0.2, 0.25) is 0 Å². The Morgan fingerprint density at radius 1 is 1.12 bits per heavy atom. The predicted molar refractivity (Wildman–Crippen MR) is 68.3 cm³/mol. The molecule has 0 heterocycles. The molecule has 0 amide bonds. The lowest BCUT2D eigenvalue weighted by molar-refractivity contribution is -0.137. The van der Waals surface area contributed by atoms with Crippen molar-refractivity contribution in [3.63, 3.8) is 0 Å². The molecule has 0 aromatic heterocycles. The Labute approximate surface area is 99.4 Å². The summed E-state index contributed by atoms with van der Waals surface area (Å²) in [6.45, 7) is 6.58. The topological polar surface area (TPSA) is 26.3 Å². The molecule has 2 heteroatoms. The Hall–Kier alpha value is -1.05. The molecular formula is C14H24O2. The van der Waals surface area contributed by atoms with Gasteiger partial charge in [0.25, 0.3) is 0 Å². The molecule has 2 nitrogen and oxygen atoms in total. The van der Waals surface area contributed by atoms with E-state index in [1.54, 1.807) is 0 Å². The maximum Gasteiger partial charge on any atom is 0.330 e. The highest BCUT2D eigenvalue weighted by atomic mass is 16.5. The standard InChI is InChI=1S/C14H24O2/c1-4-7-8-10-13(9-5-2)11-12-14(15)16-6-3/h10-12H,4-9H2,1-3H3/b12-11+,13-10-. The van der Waals surface area contributed by atoms with E-state index < -0.39 is 0 Å². The predicted octanol–water partition coefficient (Wildman–Crippen LogP) is 4.02. The number of esters is 1. The molecule has 0 fully saturated rings. The maximum atomic E-state index is 11.1. The van der Waals surface area contributed by atoms with Crippen molar-refractivity contribution in [3.8, 4) is 0 Å². The van der Waals surface area contributed by atoms with Crippen LogP contribution < -0.4 is 0 Å². The van der Waals surface area contributed by atoms with E-state index in [1.165, 1.54) is 24.5 Å². The van der Waals surface area contributed by atoms with Crippen LogP contribution >= 0.6 is 0 Å². The lowest BCUT2D eigenvalue weighted by Gasteiger charge is -2.00. The molecule has 0 aromatic carbocycles. The molecule has 0 radical (unpaired) electrons. The normalized spacial score (nSPS) is 12.1. The zero-order valence-electron chi connectivity index (χ0n) is 10.8. The summed E-state index contributed by atoms with van der Waals surface area (Å²) in [7, 11) is 0. The molecule has 0 spiro atoms. The molecule has 0 aromatic rings. The number of unbranched alkanes of at least 4 members (excludes halogenated alkanes) is 2. The van der Waals surface area contributed by atoms with Gasteiger partial charge in [0.1, 0.15) is 0 Å². The summed E-state index contributed by atoms with van der Waals surface area (Å²) in [6.07, 6.45) is 11.3. The van der Waals surface area contributed by atoms with E-state index in [1.807, 2.05) is 13.0 Å². The van der Waals surface area contributed by atoms with Gasteiger partial charge in [-0.3, -0.25) is 0 Å². The van der Waals surface area contributed by atoms with Crippen molar-refractivity contribution in [2.24, 2.45) is 0 Å². The van der Waals surface area contributed by atoms with Crippen molar-refractivity contribution in [3.05, 3.63) is 23.8 Å². The van der Waals surface area contributed by atoms with Crippen LogP contribution in [0.5, 0.6) is 0 Å². The molecule has 92 valence electrons. The Morgan fingerprint density at radius 3 is 2.44 bits per heavy atom. The molecule has 0 bridgehead atoms. The van der Waals surface area contributed by atoms with Crippen molar-refractivity contribution in [1.29, 1.82) is 0 Å². The SMILES string of the molecule is CCCC/C=C(\C=C\C(=O)OCC)CCC. The summed E-state index contributed by atoms with van der Waals surface area (Å²) in [5, 5.41) is 0. The molecule has 0 atom stereocenters. The van der Waals surface area contributed by atoms with Gasteiger partial charge in [0.15, 0.2) is 0 Å². The molecule has 0 aliphatic rings. The number of carbonyl (C=O) groups is 1. The highest BCUT2D eigenvalue weighted by Gasteiger charge is 1.95. The van der Waals surface area contributed by atoms with E-state index in [-0.39, 0.29) is 5.97 Å². The molecule has 0 saturated carbocycles. The summed E-state index contributed by atoms with van der Waals surface area (Å²) < 4.78 is 4.84. The maximum absolute atomic E-state index is 11.1. The smallest absolute Gasteiger partial charge is 0.330 e. The van der Waals surface area contributed by atoms with E-state index in [0.717, 1.165) is 19.3 Å². The summed E-state index contributed by atoms with van der Waals surface area (Å²) in [5.41, 5.74) is 1.24. The molecule has 0 aliphatic heterocycles. The number of carbonyl (C=O) groups excluding carboxylic acids is 1. The first-order chi connectivity index (χ1) is 7.74. The third-order valence-corrected chi connectivity index (χ3v) is 2.22. The van der Waals surface area contributed by atoms with Gasteiger partial charge >= 0.3 is 5.97 Å². The number of rotatable bonds is 8. The average molecular weight is 224 g/mol. The van der Waals surface area contributed by atoms with E-state index in [2.05, 4.69) is 19.9 Å². The molecular weight excluding hydrogens is 200 g/mol. The second-order valence-electron chi connectivity index (χ2n) is 3.76. The van der Waals surface area contributed by atoms with Crippen molar-refractivity contribution < 1.29 is 9.53 Å². The fraction of sp³-hybridized carbons (Fsp3) is 0.643. The van der Waals surface area contributed by atoms with Crippen molar-refractivity contribution >= 4 is 5.97 Å². The largest absolute Gasteiger partial charge is 0.463 e. The minimum absolute atomic E-state index is 0.250. The van der Waals surface area contributed by atoms with Crippen LogP contribution in [0.4, 0.5) is 0 Å². The van der Waals surface area contributed by atoms with E-state index >= 15 is 0 Å². The monoisotopic (exact) mass is 224 g/mol. The van der Waals surface area contributed by atoms with Gasteiger partial charge < -0.3 is 4.74 Å². The van der Waals surface area contributed by atoms with E-state index in [0.29, 0.717) is 6.61 Å². The first-order valence-electron chi connectivity index (χ1n) is 6.28. The summed E-state index contributed by atoms with van der Waals surface area (Å²) >= 11 is 0. The van der Waals surface area contributed by atoms with Crippen LogP contribution in [0.15, 0.2) is 23.8 Å². The fourth-order valence-electron chi connectivity index (χ4n) is 1.40. The van der Waals surface area contributed by atoms with Crippen molar-refractivity contribution in [2.75, 3.05) is 6.61 Å². The molecule has 0 saturated heterocycles. The molecule has 16 heavy (non-hydrogen) atoms. The third kappa shape index (κ3) is 8.27. The van der Waals surface area contributed by atoms with E-state index in [9.17, 15) is 4.79 Å². The van der Waals surface area contributed by atoms with Crippen molar-refractivity contribution in [1.82, 2.24) is 0 Å². The average Bonchev–Trinajstić information content (AvgIpc) is 2.26. The van der Waals surface area contributed by atoms with Crippen LogP contribution in [0.2, 0.25) is 0 Å². The third-order valence-electron chi connectivity index (χ3n) is 2.22. The lowest BCUT2D eigenvalue weighted by atomic mass is 10.1. The zero-order valence-corrected chi connectivity index (χ0v) is 10.8. The number of hydrogen-bond acceptors (Lipinski definition) is 2. The number of allylic oxidation sites excluding steroid dienone is 3. The first-order valence-corrected chi connectivity index (χ1v) is 6.28. The summed E-state index contributed by atoms with van der Waals surface area (Å²) in [6, 6.07) is 0. The van der Waals surface area contributed by atoms with Crippen LogP contribution in [0.25, 0.3) is 0 Å². The van der Waals surface area contributed by atoms with Crippen LogP contribution in [0.1, 0.15) is 52.9 Å². The fourth-order valence-corrected chi connectivity index (χ4v) is 1.40. The van der Waals surface area contributed by atoms with Gasteiger partial charge in [0, 0.05) is 6.08 Å². The Morgan fingerprint density at radius 2 is 1.88 bits per heavy atom. The minimum atomic E-state index is -0.250. The lowest BCUT2D eigenvalue weighted by Crippen LogP contribution is -1.99. The zero-order chi connectivity index (χ0) is 12.2. The molecule has 0 unspecified atom stereocenters. The van der Waals surface area contributed by atoms with Crippen LogP contribution in [0, 0.1) is 0 Å². The van der Waals surface area contributed by atoms with Gasteiger partial charge in [-0.1, -0.05) is 50.8 Å². The molecule has 0 N–H and O–H groups in total. The number of ether oxygens (including phenoxy) is 1. The quantitative estimate of drug-likeness (QED) is 0.269. The van der Waals surface area contributed by atoms with Crippen LogP contribution in [0.3, 0.4) is 0 Å². The summed E-state index contributed by atoms with van der Waals surface area (Å²) in [5.74, 6) is -0.250. The minimum Gasteiger partial charge on any atom is -0.463 e. The number of hydrogen-bond donors (Lipinski definition) is 0. The highest BCUT2D eigenvalue weighted by Crippen LogP contribution is 2.09. The summed E-state index contributed by atoms with van der Waals surface area (Å²) in [4.78, 5) is 11.1. The van der Waals surface area contributed by atoms with Gasteiger partial charge in [-0.05, 0) is 19.8 Å². The second-order valence-corrected chi connectivity index (χ2v) is 3.76. The van der Waals surface area contributed by atoms with Gasteiger partial charge in [0.05, 0.1) is 6.61 Å².